The highest BCUT2D eigenvalue weighted by molar-refractivity contribution is 9.10. The van der Waals surface area contributed by atoms with Crippen molar-refractivity contribution >= 4 is 58.7 Å². The van der Waals surface area contributed by atoms with Gasteiger partial charge in [0.25, 0.3) is 0 Å². The lowest BCUT2D eigenvalue weighted by Crippen LogP contribution is -2.41. The molecule has 15 nitrogen and oxygen atoms in total. The molecular formula is C110H108B3Br2N9O6. The average Bonchev–Trinajstić information content (AvgIpc) is 1.61. The minimum Gasteiger partial charge on any atom is -0.404 e. The molecule has 5 aliphatic rings. The van der Waals surface area contributed by atoms with Crippen molar-refractivity contribution in [2.45, 2.75) is 151 Å². The molecule has 0 spiro atoms. The quantitative estimate of drug-likeness (QED) is 0.0998. The van der Waals surface area contributed by atoms with Gasteiger partial charge in [0.1, 0.15) is 0 Å². The van der Waals surface area contributed by atoms with Gasteiger partial charge >= 0.3 is 21.4 Å². The average molecular weight is 1850 g/mol. The normalized spacial score (nSPS) is 15.4. The van der Waals surface area contributed by atoms with Crippen LogP contribution < -0.4 is 5.46 Å². The lowest BCUT2D eigenvalue weighted by atomic mass is 9.64. The van der Waals surface area contributed by atoms with Gasteiger partial charge in [0, 0.05) is 66.7 Å². The predicted octanol–water partition coefficient (Wildman–Crippen LogP) is 27.2. The molecule has 0 amide bonds. The Morgan fingerprint density at radius 2 is 0.454 bits per heavy atom. The van der Waals surface area contributed by atoms with E-state index in [1.165, 1.54) is 55.6 Å². The van der Waals surface area contributed by atoms with Crippen molar-refractivity contribution in [1.82, 2.24) is 44.9 Å². The fraction of sp³-hybridized carbons (Fsp3) is 0.209. The van der Waals surface area contributed by atoms with Crippen molar-refractivity contribution in [2.75, 3.05) is 0 Å². The second-order valence-corrected chi connectivity index (χ2v) is 37.2. The van der Waals surface area contributed by atoms with E-state index in [1.807, 2.05) is 231 Å². The molecule has 0 bridgehead atoms. The molecule has 652 valence electrons. The van der Waals surface area contributed by atoms with E-state index in [2.05, 4.69) is 229 Å². The summed E-state index contributed by atoms with van der Waals surface area (Å²) >= 11 is 6.98. The second-order valence-electron chi connectivity index (χ2n) is 35.4. The van der Waals surface area contributed by atoms with Crippen molar-refractivity contribution in [1.29, 1.82) is 0 Å². The molecule has 3 saturated heterocycles. The van der Waals surface area contributed by atoms with Gasteiger partial charge in [-0.2, -0.15) is 0 Å². The van der Waals surface area contributed by atoms with Crippen LogP contribution in [-0.4, -0.2) is 99.8 Å². The number of nitrogens with zero attached hydrogens (tertiary/aromatic N) is 9. The first-order valence-corrected chi connectivity index (χ1v) is 45.0. The minimum absolute atomic E-state index is 0. The molecule has 20 heteroatoms. The standard InChI is InChI=1S/C34H23N3.C27H26BN3O2.C21H14BrN3.C13H26B2O4.C13H9Br.2CH4.H2/c1-3-9-24(10-4-1)32-35-33(25-11-5-2-6-12-25)37-34(36-32)26-17-15-23(16-18-26)27-19-20-29-21-28-13-7-8-14-30(28)31(29)22-27;1-26(2)27(3,4)33-28(32-26)22-17-15-21(16-18-22)25-30-23(19-11-7-5-8-12-19)29-24(31-25)20-13-9-6-10-14-20;22-18-13-11-17(12-14-18)21-24-19(15-7-3-1-4-8-15)23-20(25-21)16-9-5-2-6-10-16;1-10(2)11(3,4)17-14(16-10)9-15-18-12(5,6)13(7,8)19-15;14-11-6-5-10-7-9-3-1-2-4-12(9)13(10)8-11;;;/h1-20,22H,21H2;5-18H,1-4H3;1-14H;9H2,1-8H3;1-6,8H,7H2;2*1H4;1H/i;;;;;;;1+1. The minimum atomic E-state index is -0.401. The van der Waals surface area contributed by atoms with Gasteiger partial charge in [0.15, 0.2) is 52.4 Å². The molecule has 0 atom stereocenters. The number of hydrogen-bond donors (Lipinski definition) is 0. The van der Waals surface area contributed by atoms with Crippen LogP contribution in [0.3, 0.4) is 0 Å². The zero-order valence-corrected chi connectivity index (χ0v) is 77.1. The van der Waals surface area contributed by atoms with Gasteiger partial charge < -0.3 is 27.9 Å². The van der Waals surface area contributed by atoms with E-state index in [0.29, 0.717) is 58.6 Å². The van der Waals surface area contributed by atoms with Gasteiger partial charge in [-0.15, -0.1) is 0 Å². The summed E-state index contributed by atoms with van der Waals surface area (Å²) in [7, 11) is -0.957. The van der Waals surface area contributed by atoms with Gasteiger partial charge in [0.05, 0.1) is 33.6 Å². The van der Waals surface area contributed by atoms with Crippen molar-refractivity contribution < 1.29 is 29.4 Å². The molecule has 3 fully saturated rings. The number of rotatable bonds is 13. The van der Waals surface area contributed by atoms with Crippen molar-refractivity contribution in [3.63, 3.8) is 0 Å². The topological polar surface area (TPSA) is 171 Å². The molecular weight excluding hydrogens is 1740 g/mol. The summed E-state index contributed by atoms with van der Waals surface area (Å²) in [5.41, 5.74) is 21.2. The smallest absolute Gasteiger partial charge is 0.404 e. The van der Waals surface area contributed by atoms with E-state index in [9.17, 15) is 0 Å². The van der Waals surface area contributed by atoms with Crippen LogP contribution in [0.1, 0.15) is 122 Å². The molecule has 0 radical (unpaired) electrons. The number of fused-ring (bicyclic) bond motifs is 6. The summed E-state index contributed by atoms with van der Waals surface area (Å²) in [6, 6.07) is 115. The van der Waals surface area contributed by atoms with Crippen LogP contribution in [-0.2, 0) is 40.8 Å². The van der Waals surface area contributed by atoms with E-state index in [4.69, 9.17) is 67.8 Å². The Hall–Kier alpha value is -12.2. The summed E-state index contributed by atoms with van der Waals surface area (Å²) in [4.78, 5) is 42.9. The zero-order chi connectivity index (χ0) is 89.0. The maximum Gasteiger partial charge on any atom is 0.494 e. The third-order valence-corrected chi connectivity index (χ3v) is 25.9. The number of hydrogen-bond acceptors (Lipinski definition) is 15. The van der Waals surface area contributed by atoms with Gasteiger partial charge in [0.2, 0.25) is 0 Å². The highest BCUT2D eigenvalue weighted by atomic mass is 79.9. The zero-order valence-electron chi connectivity index (χ0n) is 73.9. The highest BCUT2D eigenvalue weighted by Crippen LogP contribution is 2.45. The monoisotopic (exact) mass is 1840 g/mol. The van der Waals surface area contributed by atoms with E-state index in [1.54, 1.807) is 0 Å². The predicted molar refractivity (Wildman–Crippen MR) is 540 cm³/mol. The molecule has 6 heterocycles. The number of aromatic nitrogens is 9. The Morgan fingerprint density at radius 1 is 0.231 bits per heavy atom. The maximum atomic E-state index is 6.19. The summed E-state index contributed by atoms with van der Waals surface area (Å²) in [6.07, 6.45) is 2.69. The molecule has 0 saturated carbocycles. The summed E-state index contributed by atoms with van der Waals surface area (Å²) in [5.74, 6) is 5.95. The van der Waals surface area contributed by atoms with Crippen LogP contribution in [0.15, 0.2) is 349 Å². The van der Waals surface area contributed by atoms with Crippen LogP contribution in [0.2, 0.25) is 6.22 Å². The molecule has 0 unspecified atom stereocenters. The molecule has 3 aliphatic heterocycles. The van der Waals surface area contributed by atoms with E-state index in [-0.39, 0.29) is 64.1 Å². The molecule has 130 heavy (non-hydrogen) atoms. The largest absolute Gasteiger partial charge is 0.494 e. The van der Waals surface area contributed by atoms with Crippen LogP contribution in [0.5, 0.6) is 0 Å². The third kappa shape index (κ3) is 20.8. The SMILES string of the molecule is Brc1ccc(-c2nc(-c3ccccc3)nc(-c3ccccc3)n2)cc1.Brc1ccc2c(c1)-c1ccccc1C2.C.C.CC1(C)OB(CB2OC(C)(C)C(C)(C)O2)OC1(C)C.CC1(C)OB(c2ccc(-c3nc(-c4ccccc4)nc(-c4ccccc4)n3)cc2)OC1(C)C.[2HH].c1ccc(-c2nc(-c3ccccc3)nc(-c3ccc(-c4ccc5c(c4)-c4ccccc4C5)cc3)n2)cc1. The Morgan fingerprint density at radius 3 is 0.769 bits per heavy atom. The Bertz CT molecular complexity index is 6350. The Labute approximate surface area is 784 Å². The molecule has 21 rings (SSSR count). The Balaban J connectivity index is 0.000000136. The van der Waals surface area contributed by atoms with Gasteiger partial charge in [-0.1, -0.05) is 356 Å². The van der Waals surface area contributed by atoms with E-state index in [0.717, 1.165) is 77.3 Å². The summed E-state index contributed by atoms with van der Waals surface area (Å²) in [6.45, 7) is 24.7. The Kier molecular flexibility index (Phi) is 27.9. The molecule has 13 aromatic carbocycles. The maximum absolute atomic E-state index is 6.19. The first-order chi connectivity index (χ1) is 61.6. The van der Waals surface area contributed by atoms with Crippen molar-refractivity contribution in [2.24, 2.45) is 0 Å². The van der Waals surface area contributed by atoms with Crippen LogP contribution in [0, 0.1) is 0 Å². The van der Waals surface area contributed by atoms with Crippen molar-refractivity contribution in [3.05, 3.63) is 371 Å². The lowest BCUT2D eigenvalue weighted by molar-refractivity contribution is 0.00578. The lowest BCUT2D eigenvalue weighted by Gasteiger charge is -2.32. The van der Waals surface area contributed by atoms with Crippen molar-refractivity contribution in [3.8, 4) is 136 Å². The van der Waals surface area contributed by atoms with Crippen LogP contribution in [0.25, 0.3) is 136 Å². The fourth-order valence-corrected chi connectivity index (χ4v) is 16.3. The summed E-state index contributed by atoms with van der Waals surface area (Å²) < 4.78 is 38.5. The van der Waals surface area contributed by atoms with Gasteiger partial charge in [-0.25, -0.2) is 44.9 Å². The van der Waals surface area contributed by atoms with E-state index < -0.39 is 7.12 Å². The fourth-order valence-electron chi connectivity index (χ4n) is 15.7. The van der Waals surface area contributed by atoms with E-state index >= 15 is 0 Å². The highest BCUT2D eigenvalue weighted by Gasteiger charge is 2.57. The molecule has 0 N–H and O–H groups in total. The molecule has 3 aromatic heterocycles. The van der Waals surface area contributed by atoms with Crippen LogP contribution in [0.4, 0.5) is 0 Å². The molecule has 16 aromatic rings. The van der Waals surface area contributed by atoms with Gasteiger partial charge in [-0.05, 0) is 187 Å². The first-order valence-electron chi connectivity index (χ1n) is 43.4. The number of halogens is 2. The van der Waals surface area contributed by atoms with Gasteiger partial charge in [-0.3, -0.25) is 0 Å². The summed E-state index contributed by atoms with van der Waals surface area (Å²) in [5, 5.41) is 0. The first kappa shape index (κ1) is 92.5. The number of benzene rings is 13. The third-order valence-electron chi connectivity index (χ3n) is 24.9. The second kappa shape index (κ2) is 39.2. The van der Waals surface area contributed by atoms with Crippen LogP contribution >= 0.6 is 31.9 Å². The molecule has 2 aliphatic carbocycles.